The minimum atomic E-state index is 0.562. The standard InChI is InChI=1S/C18H20Cl2N6S/c1-3-26-17(16(20)9-22-26)12-24(2)18(27)23-14-8-21-25(11-14)10-13-6-4-5-7-15(13)19/h4-9,11H,3,10,12H2,1-2H3,(H,23,27). The highest BCUT2D eigenvalue weighted by Gasteiger charge is 2.13. The third kappa shape index (κ3) is 4.80. The van der Waals surface area contributed by atoms with Gasteiger partial charge in [0, 0.05) is 24.8 Å². The Labute approximate surface area is 173 Å². The molecule has 0 saturated carbocycles. The number of nitrogens with zero attached hydrogens (tertiary/aromatic N) is 5. The highest BCUT2D eigenvalue weighted by atomic mass is 35.5. The zero-order valence-electron chi connectivity index (χ0n) is 15.1. The van der Waals surface area contributed by atoms with Gasteiger partial charge in [0.15, 0.2) is 5.11 Å². The molecular formula is C18H20Cl2N6S. The maximum atomic E-state index is 6.23. The lowest BCUT2D eigenvalue weighted by molar-refractivity contribution is 0.471. The first-order valence-corrected chi connectivity index (χ1v) is 9.62. The van der Waals surface area contributed by atoms with E-state index in [1.807, 2.05) is 58.7 Å². The first-order chi connectivity index (χ1) is 13.0. The molecule has 0 spiro atoms. The van der Waals surface area contributed by atoms with Crippen molar-refractivity contribution in [2.24, 2.45) is 0 Å². The predicted octanol–water partition coefficient (Wildman–Crippen LogP) is 4.28. The average Bonchev–Trinajstić information content (AvgIpc) is 3.23. The van der Waals surface area contributed by atoms with Gasteiger partial charge >= 0.3 is 0 Å². The van der Waals surface area contributed by atoms with E-state index in [2.05, 4.69) is 15.5 Å². The number of hydrogen-bond donors (Lipinski definition) is 1. The quantitative estimate of drug-likeness (QED) is 0.600. The third-order valence-electron chi connectivity index (χ3n) is 4.11. The Hall–Kier alpha value is -2.09. The smallest absolute Gasteiger partial charge is 0.173 e. The van der Waals surface area contributed by atoms with Crippen molar-refractivity contribution >= 4 is 46.2 Å². The molecule has 0 aliphatic rings. The van der Waals surface area contributed by atoms with Crippen molar-refractivity contribution < 1.29 is 0 Å². The van der Waals surface area contributed by atoms with Crippen LogP contribution in [-0.2, 0) is 19.6 Å². The van der Waals surface area contributed by atoms with Crippen LogP contribution in [0.15, 0.2) is 42.9 Å². The molecule has 9 heteroatoms. The summed E-state index contributed by atoms with van der Waals surface area (Å²) >= 11 is 17.9. The van der Waals surface area contributed by atoms with Crippen LogP contribution < -0.4 is 5.32 Å². The lowest BCUT2D eigenvalue weighted by Crippen LogP contribution is -2.31. The SMILES string of the molecule is CCn1ncc(Cl)c1CN(C)C(=S)Nc1cnn(Cc2ccccc2Cl)c1. The number of hydrogen-bond acceptors (Lipinski definition) is 3. The highest BCUT2D eigenvalue weighted by molar-refractivity contribution is 7.80. The number of aryl methyl sites for hydroxylation is 1. The van der Waals surface area contributed by atoms with Crippen LogP contribution in [0.1, 0.15) is 18.2 Å². The van der Waals surface area contributed by atoms with Crippen LogP contribution in [-0.4, -0.2) is 36.6 Å². The van der Waals surface area contributed by atoms with Gasteiger partial charge in [-0.1, -0.05) is 41.4 Å². The highest BCUT2D eigenvalue weighted by Crippen LogP contribution is 2.19. The monoisotopic (exact) mass is 422 g/mol. The normalized spacial score (nSPS) is 10.8. The van der Waals surface area contributed by atoms with E-state index in [1.165, 1.54) is 0 Å². The number of aromatic nitrogens is 4. The fourth-order valence-corrected chi connectivity index (χ4v) is 3.23. The first kappa shape index (κ1) is 19.7. The van der Waals surface area contributed by atoms with Crippen molar-refractivity contribution in [1.82, 2.24) is 24.5 Å². The Balaban J connectivity index is 1.62. The van der Waals surface area contributed by atoms with Crippen LogP contribution in [0.3, 0.4) is 0 Å². The molecule has 0 bridgehead atoms. The molecule has 1 N–H and O–H groups in total. The van der Waals surface area contributed by atoms with Crippen LogP contribution >= 0.6 is 35.4 Å². The maximum Gasteiger partial charge on any atom is 0.173 e. The van der Waals surface area contributed by atoms with Crippen molar-refractivity contribution in [3.8, 4) is 0 Å². The molecule has 27 heavy (non-hydrogen) atoms. The van der Waals surface area contributed by atoms with Gasteiger partial charge in [-0.3, -0.25) is 9.36 Å². The first-order valence-electron chi connectivity index (χ1n) is 8.46. The Kier molecular flexibility index (Phi) is 6.36. The lowest BCUT2D eigenvalue weighted by Gasteiger charge is -2.21. The summed E-state index contributed by atoms with van der Waals surface area (Å²) < 4.78 is 3.68. The molecule has 0 aliphatic heterocycles. The molecule has 3 rings (SSSR count). The van der Waals surface area contributed by atoms with E-state index < -0.39 is 0 Å². The van der Waals surface area contributed by atoms with E-state index in [9.17, 15) is 0 Å². The maximum absolute atomic E-state index is 6.23. The van der Waals surface area contributed by atoms with Crippen molar-refractivity contribution in [3.63, 3.8) is 0 Å². The average molecular weight is 423 g/mol. The molecule has 0 aliphatic carbocycles. The zero-order valence-corrected chi connectivity index (χ0v) is 17.4. The van der Waals surface area contributed by atoms with Crippen LogP contribution in [0.4, 0.5) is 5.69 Å². The Morgan fingerprint density at radius 3 is 2.70 bits per heavy atom. The van der Waals surface area contributed by atoms with Gasteiger partial charge in [-0.05, 0) is 30.8 Å². The van der Waals surface area contributed by atoms with Gasteiger partial charge in [-0.2, -0.15) is 10.2 Å². The predicted molar refractivity (Wildman–Crippen MR) is 113 cm³/mol. The minimum absolute atomic E-state index is 0.562. The molecular weight excluding hydrogens is 403 g/mol. The van der Waals surface area contributed by atoms with E-state index in [1.54, 1.807) is 12.4 Å². The summed E-state index contributed by atoms with van der Waals surface area (Å²) in [5, 5.41) is 13.8. The molecule has 0 saturated heterocycles. The summed E-state index contributed by atoms with van der Waals surface area (Å²) in [7, 11) is 1.91. The number of benzene rings is 1. The molecule has 142 valence electrons. The Morgan fingerprint density at radius 2 is 1.96 bits per heavy atom. The molecule has 0 unspecified atom stereocenters. The van der Waals surface area contributed by atoms with Crippen LogP contribution in [0.2, 0.25) is 10.0 Å². The van der Waals surface area contributed by atoms with E-state index in [4.69, 9.17) is 35.4 Å². The molecule has 0 amide bonds. The minimum Gasteiger partial charge on any atom is -0.346 e. The summed E-state index contributed by atoms with van der Waals surface area (Å²) in [6, 6.07) is 7.72. The number of halogens is 2. The van der Waals surface area contributed by atoms with Crippen LogP contribution in [0.25, 0.3) is 0 Å². The van der Waals surface area contributed by atoms with Gasteiger partial charge in [0.2, 0.25) is 0 Å². The summed E-state index contributed by atoms with van der Waals surface area (Å²) in [6.07, 6.45) is 5.29. The van der Waals surface area contributed by atoms with Gasteiger partial charge in [-0.15, -0.1) is 0 Å². The van der Waals surface area contributed by atoms with Crippen molar-refractivity contribution in [2.45, 2.75) is 26.6 Å². The van der Waals surface area contributed by atoms with E-state index in [0.29, 0.717) is 23.2 Å². The Bertz CT molecular complexity index is 936. The van der Waals surface area contributed by atoms with Gasteiger partial charge < -0.3 is 10.2 Å². The fourth-order valence-electron chi connectivity index (χ4n) is 2.65. The van der Waals surface area contributed by atoms with Crippen LogP contribution in [0, 0.1) is 0 Å². The molecule has 1 aromatic carbocycles. The molecule has 0 fully saturated rings. The fraction of sp³-hybridized carbons (Fsp3) is 0.278. The second-order valence-corrected chi connectivity index (χ2v) is 7.26. The topological polar surface area (TPSA) is 50.9 Å². The summed E-state index contributed by atoms with van der Waals surface area (Å²) in [6.45, 7) is 3.93. The van der Waals surface area contributed by atoms with E-state index in [0.717, 1.165) is 28.5 Å². The van der Waals surface area contributed by atoms with E-state index in [-0.39, 0.29) is 0 Å². The van der Waals surface area contributed by atoms with E-state index >= 15 is 0 Å². The van der Waals surface area contributed by atoms with Crippen molar-refractivity contribution in [1.29, 1.82) is 0 Å². The number of thiocarbonyl (C=S) groups is 1. The van der Waals surface area contributed by atoms with Crippen molar-refractivity contribution in [3.05, 3.63) is 64.2 Å². The molecule has 0 radical (unpaired) electrons. The molecule has 3 aromatic rings. The third-order valence-corrected chi connectivity index (χ3v) is 5.20. The zero-order chi connectivity index (χ0) is 19.4. The summed E-state index contributed by atoms with van der Waals surface area (Å²) in [5.41, 5.74) is 2.75. The van der Waals surface area contributed by atoms with Gasteiger partial charge in [0.05, 0.1) is 41.9 Å². The van der Waals surface area contributed by atoms with Crippen LogP contribution in [0.5, 0.6) is 0 Å². The molecule has 0 atom stereocenters. The van der Waals surface area contributed by atoms with Gasteiger partial charge in [0.1, 0.15) is 0 Å². The Morgan fingerprint density at radius 1 is 1.19 bits per heavy atom. The lowest BCUT2D eigenvalue weighted by atomic mass is 10.2. The summed E-state index contributed by atoms with van der Waals surface area (Å²) in [5.74, 6) is 0. The molecule has 2 aromatic heterocycles. The van der Waals surface area contributed by atoms with Gasteiger partial charge in [-0.25, -0.2) is 0 Å². The largest absolute Gasteiger partial charge is 0.346 e. The van der Waals surface area contributed by atoms with Crippen molar-refractivity contribution in [2.75, 3.05) is 12.4 Å². The number of anilines is 1. The van der Waals surface area contributed by atoms with Gasteiger partial charge in [0.25, 0.3) is 0 Å². The second kappa shape index (κ2) is 8.73. The second-order valence-electron chi connectivity index (χ2n) is 6.06. The molecule has 2 heterocycles. The number of rotatable bonds is 6. The molecule has 6 nitrogen and oxygen atoms in total. The summed E-state index contributed by atoms with van der Waals surface area (Å²) in [4.78, 5) is 1.91. The number of nitrogens with one attached hydrogen (secondary N) is 1.